The van der Waals surface area contributed by atoms with E-state index in [2.05, 4.69) is 35.0 Å². The van der Waals surface area contributed by atoms with E-state index in [1.54, 1.807) is 0 Å². The van der Waals surface area contributed by atoms with Crippen molar-refractivity contribution in [3.8, 4) is 0 Å². The van der Waals surface area contributed by atoms with Gasteiger partial charge in [0.15, 0.2) is 0 Å². The summed E-state index contributed by atoms with van der Waals surface area (Å²) in [7, 11) is 0. The van der Waals surface area contributed by atoms with Crippen LogP contribution in [-0.2, 0) is 17.8 Å². The molecule has 0 aliphatic heterocycles. The minimum atomic E-state index is -0.705. The van der Waals surface area contributed by atoms with Crippen LogP contribution in [-0.4, -0.2) is 15.6 Å². The number of aryl methyl sites for hydroxylation is 1. The van der Waals surface area contributed by atoms with Gasteiger partial charge in [0, 0.05) is 30.1 Å². The first-order valence-electron chi connectivity index (χ1n) is 7.52. The molecule has 0 unspecified atom stereocenters. The average Bonchev–Trinajstić information content (AvgIpc) is 2.72. The summed E-state index contributed by atoms with van der Waals surface area (Å²) >= 11 is 0. The van der Waals surface area contributed by atoms with Crippen LogP contribution < -0.4 is 0 Å². The molecule has 1 aliphatic carbocycles. The minimum Gasteiger partial charge on any atom is -0.481 e. The van der Waals surface area contributed by atoms with Gasteiger partial charge in [-0.05, 0) is 43.2 Å². The third-order valence-electron chi connectivity index (χ3n) is 4.39. The van der Waals surface area contributed by atoms with Gasteiger partial charge in [-0.2, -0.15) is 0 Å². The summed E-state index contributed by atoms with van der Waals surface area (Å²) in [5.41, 5.74) is 2.59. The Morgan fingerprint density at radius 1 is 1.30 bits per heavy atom. The summed E-state index contributed by atoms with van der Waals surface area (Å²) in [6, 6.07) is 8.48. The number of fused-ring (bicyclic) bond motifs is 1. The van der Waals surface area contributed by atoms with Gasteiger partial charge in [0.05, 0.1) is 0 Å². The SMILES string of the molecule is O=C(O)CCCc1cn(CC2CCC2)c2ccccc12. The third-order valence-corrected chi connectivity index (χ3v) is 4.39. The molecule has 0 spiro atoms. The standard InChI is InChI=1S/C17H21NO2/c19-17(20)10-4-7-14-12-18(11-13-5-3-6-13)16-9-2-1-8-15(14)16/h1-2,8-9,12-13H,3-7,10-11H2,(H,19,20). The molecule has 1 aromatic carbocycles. The van der Waals surface area contributed by atoms with Gasteiger partial charge in [0.1, 0.15) is 0 Å². The average molecular weight is 271 g/mol. The Balaban J connectivity index is 1.81. The van der Waals surface area contributed by atoms with Gasteiger partial charge >= 0.3 is 5.97 Å². The van der Waals surface area contributed by atoms with Gasteiger partial charge in [-0.25, -0.2) is 0 Å². The first kappa shape index (κ1) is 13.2. The molecule has 1 aromatic heterocycles. The number of hydrogen-bond acceptors (Lipinski definition) is 1. The van der Waals surface area contributed by atoms with E-state index < -0.39 is 5.97 Å². The highest BCUT2D eigenvalue weighted by Crippen LogP contribution is 2.31. The van der Waals surface area contributed by atoms with Crippen molar-refractivity contribution in [3.63, 3.8) is 0 Å². The number of rotatable bonds is 6. The molecule has 2 aromatic rings. The zero-order valence-electron chi connectivity index (χ0n) is 11.7. The van der Waals surface area contributed by atoms with Crippen molar-refractivity contribution < 1.29 is 9.90 Å². The van der Waals surface area contributed by atoms with E-state index in [0.717, 1.165) is 18.9 Å². The predicted molar refractivity (Wildman–Crippen MR) is 79.9 cm³/mol. The van der Waals surface area contributed by atoms with Crippen LogP contribution in [0, 0.1) is 5.92 Å². The van der Waals surface area contributed by atoms with Gasteiger partial charge in [0.25, 0.3) is 0 Å². The van der Waals surface area contributed by atoms with Crippen LogP contribution in [0.3, 0.4) is 0 Å². The Morgan fingerprint density at radius 3 is 2.80 bits per heavy atom. The first-order valence-corrected chi connectivity index (χ1v) is 7.52. The molecule has 0 radical (unpaired) electrons. The number of carboxylic acids is 1. The fraction of sp³-hybridized carbons (Fsp3) is 0.471. The first-order chi connectivity index (χ1) is 9.74. The molecule has 1 N–H and O–H groups in total. The van der Waals surface area contributed by atoms with Crippen LogP contribution in [0.15, 0.2) is 30.5 Å². The Bertz CT molecular complexity index is 610. The van der Waals surface area contributed by atoms with Crippen LogP contribution in [0.5, 0.6) is 0 Å². The van der Waals surface area contributed by atoms with Crippen LogP contribution in [0.25, 0.3) is 10.9 Å². The third kappa shape index (κ3) is 2.72. The number of carbonyl (C=O) groups is 1. The van der Waals surface area contributed by atoms with Crippen LogP contribution >= 0.6 is 0 Å². The van der Waals surface area contributed by atoms with Crippen LogP contribution in [0.2, 0.25) is 0 Å². The number of para-hydroxylation sites is 1. The molecule has 1 aliphatic rings. The minimum absolute atomic E-state index is 0.252. The zero-order valence-corrected chi connectivity index (χ0v) is 11.7. The quantitative estimate of drug-likeness (QED) is 0.867. The second-order valence-electron chi connectivity index (χ2n) is 5.87. The topological polar surface area (TPSA) is 42.2 Å². The second kappa shape index (κ2) is 5.70. The van der Waals surface area contributed by atoms with E-state index in [9.17, 15) is 4.79 Å². The monoisotopic (exact) mass is 271 g/mol. The van der Waals surface area contributed by atoms with Gasteiger partial charge in [0.2, 0.25) is 0 Å². The number of benzene rings is 1. The number of aromatic nitrogens is 1. The highest BCUT2D eigenvalue weighted by molar-refractivity contribution is 5.84. The van der Waals surface area contributed by atoms with Gasteiger partial charge in [-0.15, -0.1) is 0 Å². The van der Waals surface area contributed by atoms with E-state index in [1.165, 1.54) is 35.7 Å². The van der Waals surface area contributed by atoms with Gasteiger partial charge < -0.3 is 9.67 Å². The molecule has 20 heavy (non-hydrogen) atoms. The number of aliphatic carboxylic acids is 1. The number of hydrogen-bond donors (Lipinski definition) is 1. The smallest absolute Gasteiger partial charge is 0.303 e. The Morgan fingerprint density at radius 2 is 2.10 bits per heavy atom. The van der Waals surface area contributed by atoms with E-state index in [-0.39, 0.29) is 6.42 Å². The fourth-order valence-electron chi connectivity index (χ4n) is 3.06. The van der Waals surface area contributed by atoms with Crippen molar-refractivity contribution in [3.05, 3.63) is 36.0 Å². The zero-order chi connectivity index (χ0) is 13.9. The van der Waals surface area contributed by atoms with Crippen molar-refractivity contribution >= 4 is 16.9 Å². The van der Waals surface area contributed by atoms with E-state index in [1.807, 2.05) is 0 Å². The van der Waals surface area contributed by atoms with Crippen LogP contribution in [0.1, 0.15) is 37.7 Å². The molecule has 0 amide bonds. The Hall–Kier alpha value is -1.77. The normalized spacial score (nSPS) is 15.4. The fourth-order valence-corrected chi connectivity index (χ4v) is 3.06. The van der Waals surface area contributed by atoms with Crippen molar-refractivity contribution in [1.29, 1.82) is 0 Å². The van der Waals surface area contributed by atoms with Crippen molar-refractivity contribution in [2.24, 2.45) is 5.92 Å². The second-order valence-corrected chi connectivity index (χ2v) is 5.87. The number of nitrogens with zero attached hydrogens (tertiary/aromatic N) is 1. The molecule has 0 bridgehead atoms. The molecule has 1 saturated carbocycles. The lowest BCUT2D eigenvalue weighted by molar-refractivity contribution is -0.137. The van der Waals surface area contributed by atoms with Crippen molar-refractivity contribution in [1.82, 2.24) is 4.57 Å². The number of carboxylic acid groups (broad SMARTS) is 1. The highest BCUT2D eigenvalue weighted by atomic mass is 16.4. The Labute approximate surface area is 119 Å². The molecule has 3 nitrogen and oxygen atoms in total. The molecule has 1 fully saturated rings. The lowest BCUT2D eigenvalue weighted by Gasteiger charge is -2.26. The molecule has 0 saturated heterocycles. The van der Waals surface area contributed by atoms with Crippen molar-refractivity contribution in [2.45, 2.75) is 45.1 Å². The van der Waals surface area contributed by atoms with Crippen molar-refractivity contribution in [2.75, 3.05) is 0 Å². The molecular formula is C17H21NO2. The maximum atomic E-state index is 10.6. The van der Waals surface area contributed by atoms with E-state index >= 15 is 0 Å². The lowest BCUT2D eigenvalue weighted by atomic mass is 9.85. The molecular weight excluding hydrogens is 250 g/mol. The largest absolute Gasteiger partial charge is 0.481 e. The molecule has 106 valence electrons. The summed E-state index contributed by atoms with van der Waals surface area (Å²) in [5.74, 6) is 0.126. The molecule has 3 rings (SSSR count). The Kier molecular flexibility index (Phi) is 3.77. The molecule has 1 heterocycles. The van der Waals surface area contributed by atoms with E-state index in [0.29, 0.717) is 6.42 Å². The van der Waals surface area contributed by atoms with E-state index in [4.69, 9.17) is 5.11 Å². The highest BCUT2D eigenvalue weighted by Gasteiger charge is 2.19. The maximum Gasteiger partial charge on any atom is 0.303 e. The summed E-state index contributed by atoms with van der Waals surface area (Å²) in [6.45, 7) is 1.11. The maximum absolute atomic E-state index is 10.6. The summed E-state index contributed by atoms with van der Waals surface area (Å²) in [5, 5.41) is 10.1. The summed E-state index contributed by atoms with van der Waals surface area (Å²) < 4.78 is 2.37. The summed E-state index contributed by atoms with van der Waals surface area (Å²) in [6.07, 6.45) is 8.13. The predicted octanol–water partition coefficient (Wildman–Crippen LogP) is 3.85. The molecule has 3 heteroatoms. The summed E-state index contributed by atoms with van der Waals surface area (Å²) in [4.78, 5) is 10.6. The van der Waals surface area contributed by atoms with Crippen LogP contribution in [0.4, 0.5) is 0 Å². The van der Waals surface area contributed by atoms with Gasteiger partial charge in [-0.1, -0.05) is 24.6 Å². The lowest BCUT2D eigenvalue weighted by Crippen LogP contribution is -2.17. The molecule has 0 atom stereocenters. The van der Waals surface area contributed by atoms with Gasteiger partial charge in [-0.3, -0.25) is 4.79 Å².